The van der Waals surface area contributed by atoms with Gasteiger partial charge in [0.15, 0.2) is 16.6 Å². The molecule has 38 heavy (non-hydrogen) atoms. The van der Waals surface area contributed by atoms with Gasteiger partial charge in [0.1, 0.15) is 12.2 Å². The first-order valence-electron chi connectivity index (χ1n) is 12.0. The molecule has 1 fully saturated rings. The number of methoxy groups -OCH3 is 1. The lowest BCUT2D eigenvalue weighted by Gasteiger charge is -2.29. The van der Waals surface area contributed by atoms with Crippen molar-refractivity contribution in [3.8, 4) is 11.5 Å². The van der Waals surface area contributed by atoms with E-state index in [1.54, 1.807) is 25.3 Å². The monoisotopic (exact) mass is 590 g/mol. The molecule has 4 rings (SSSR count). The Kier molecular flexibility index (Phi) is 8.76. The van der Waals surface area contributed by atoms with Gasteiger partial charge in [-0.05, 0) is 84.2 Å². The molecule has 1 saturated heterocycles. The number of anilines is 1. The summed E-state index contributed by atoms with van der Waals surface area (Å²) in [7, 11) is 1.55. The number of nitrogens with zero attached hydrogens (tertiary/aromatic N) is 1. The zero-order chi connectivity index (χ0) is 27.2. The first-order chi connectivity index (χ1) is 18.3. The Balaban J connectivity index is 1.68. The van der Waals surface area contributed by atoms with Gasteiger partial charge in [-0.1, -0.05) is 53.2 Å². The van der Waals surface area contributed by atoms with Crippen LogP contribution in [0.3, 0.4) is 0 Å². The average Bonchev–Trinajstić information content (AvgIpc) is 2.91. The Bertz CT molecular complexity index is 1420. The summed E-state index contributed by atoms with van der Waals surface area (Å²) >= 11 is 8.77. The number of ether oxygens (including phenoxy) is 2. The van der Waals surface area contributed by atoms with E-state index in [0.717, 1.165) is 27.6 Å². The number of halogens is 1. The Labute approximate surface area is 236 Å². The maximum Gasteiger partial charge on any atom is 0.270 e. The maximum absolute atomic E-state index is 13.5. The summed E-state index contributed by atoms with van der Waals surface area (Å²) in [5, 5.41) is 2.68. The molecule has 2 amide bonds. The maximum atomic E-state index is 13.5. The fourth-order valence-corrected chi connectivity index (χ4v) is 4.61. The number of amides is 2. The van der Waals surface area contributed by atoms with Crippen LogP contribution in [0.5, 0.6) is 11.5 Å². The number of hydrogen-bond donors (Lipinski definition) is 1. The number of rotatable bonds is 9. The Morgan fingerprint density at radius 3 is 2.37 bits per heavy atom. The predicted octanol–water partition coefficient (Wildman–Crippen LogP) is 6.16. The van der Waals surface area contributed by atoms with E-state index in [2.05, 4.69) is 34.7 Å². The largest absolute Gasteiger partial charge is 0.493 e. The van der Waals surface area contributed by atoms with Gasteiger partial charge in [0.2, 0.25) is 0 Å². The minimum absolute atomic E-state index is 0.0340. The molecule has 0 atom stereocenters. The lowest BCUT2D eigenvalue weighted by atomic mass is 10.0. The van der Waals surface area contributed by atoms with Crippen LogP contribution in [0.4, 0.5) is 5.69 Å². The Hall–Kier alpha value is -3.75. The smallest absolute Gasteiger partial charge is 0.270 e. The summed E-state index contributed by atoms with van der Waals surface area (Å²) in [5.41, 5.74) is 4.11. The van der Waals surface area contributed by atoms with E-state index in [1.807, 2.05) is 54.6 Å². The van der Waals surface area contributed by atoms with Gasteiger partial charge in [-0.3, -0.25) is 19.8 Å². The van der Waals surface area contributed by atoms with Crippen LogP contribution in [0.2, 0.25) is 0 Å². The number of allylic oxidation sites excluding steroid dienone is 1. The third-order valence-corrected chi connectivity index (χ3v) is 6.86. The molecule has 1 heterocycles. The molecule has 0 aromatic heterocycles. The Morgan fingerprint density at radius 2 is 1.74 bits per heavy atom. The second-order valence-electron chi connectivity index (χ2n) is 8.60. The second-order valence-corrected chi connectivity index (χ2v) is 9.90. The molecule has 1 aliphatic heterocycles. The zero-order valence-corrected chi connectivity index (χ0v) is 23.5. The molecule has 8 heteroatoms. The van der Waals surface area contributed by atoms with Gasteiger partial charge < -0.3 is 9.47 Å². The molecule has 3 aromatic rings. The van der Waals surface area contributed by atoms with Crippen molar-refractivity contribution in [1.82, 2.24) is 5.32 Å². The van der Waals surface area contributed by atoms with Crippen LogP contribution in [0.1, 0.15) is 29.2 Å². The van der Waals surface area contributed by atoms with Crippen molar-refractivity contribution < 1.29 is 19.1 Å². The molecular weight excluding hydrogens is 564 g/mol. The highest BCUT2D eigenvalue weighted by molar-refractivity contribution is 9.10. The van der Waals surface area contributed by atoms with E-state index in [4.69, 9.17) is 21.7 Å². The number of thiocarbonyl (C=S) groups is 1. The molecular formula is C30H27BrN2O4S. The minimum atomic E-state index is -0.554. The summed E-state index contributed by atoms with van der Waals surface area (Å²) in [6.45, 7) is 6.26. The molecule has 0 unspecified atom stereocenters. The van der Waals surface area contributed by atoms with E-state index in [0.29, 0.717) is 35.8 Å². The lowest BCUT2D eigenvalue weighted by molar-refractivity contribution is -0.122. The number of benzene rings is 3. The Morgan fingerprint density at radius 1 is 1.05 bits per heavy atom. The van der Waals surface area contributed by atoms with Gasteiger partial charge in [-0.2, -0.15) is 0 Å². The number of aryl methyl sites for hydroxylation is 1. The molecule has 0 bridgehead atoms. The van der Waals surface area contributed by atoms with Gasteiger partial charge in [-0.25, -0.2) is 0 Å². The van der Waals surface area contributed by atoms with Crippen LogP contribution >= 0.6 is 28.1 Å². The fourth-order valence-electron chi connectivity index (χ4n) is 4.06. The molecule has 6 nitrogen and oxygen atoms in total. The van der Waals surface area contributed by atoms with Gasteiger partial charge in [-0.15, -0.1) is 6.58 Å². The normalized spacial score (nSPS) is 14.4. The van der Waals surface area contributed by atoms with E-state index >= 15 is 0 Å². The van der Waals surface area contributed by atoms with Crippen LogP contribution in [-0.2, 0) is 29.0 Å². The molecule has 3 aromatic carbocycles. The van der Waals surface area contributed by atoms with Crippen LogP contribution in [0.25, 0.3) is 6.08 Å². The van der Waals surface area contributed by atoms with E-state index < -0.39 is 11.8 Å². The number of carbonyl (C=O) groups is 2. The number of carbonyl (C=O) groups excluding carboxylic acids is 2. The van der Waals surface area contributed by atoms with Crippen molar-refractivity contribution in [2.24, 2.45) is 0 Å². The lowest BCUT2D eigenvalue weighted by Crippen LogP contribution is -2.54. The number of nitrogens with one attached hydrogen (secondary N) is 1. The van der Waals surface area contributed by atoms with Gasteiger partial charge in [0, 0.05) is 10.0 Å². The van der Waals surface area contributed by atoms with Crippen LogP contribution in [-0.4, -0.2) is 24.0 Å². The van der Waals surface area contributed by atoms with Crippen LogP contribution < -0.4 is 19.7 Å². The highest BCUT2D eigenvalue weighted by Gasteiger charge is 2.34. The molecule has 0 radical (unpaired) electrons. The predicted molar refractivity (Wildman–Crippen MR) is 157 cm³/mol. The minimum Gasteiger partial charge on any atom is -0.493 e. The van der Waals surface area contributed by atoms with Crippen molar-refractivity contribution in [3.05, 3.63) is 106 Å². The van der Waals surface area contributed by atoms with Gasteiger partial charge in [0.25, 0.3) is 11.8 Å². The molecule has 1 aliphatic rings. The fraction of sp³-hybridized carbons (Fsp3) is 0.167. The van der Waals surface area contributed by atoms with E-state index in [9.17, 15) is 9.59 Å². The van der Waals surface area contributed by atoms with Crippen molar-refractivity contribution in [2.45, 2.75) is 26.4 Å². The third-order valence-electron chi connectivity index (χ3n) is 6.05. The molecule has 194 valence electrons. The van der Waals surface area contributed by atoms with E-state index in [-0.39, 0.29) is 10.7 Å². The summed E-state index contributed by atoms with van der Waals surface area (Å²) in [6, 6.07) is 19.0. The molecule has 0 aliphatic carbocycles. The van der Waals surface area contributed by atoms with Crippen molar-refractivity contribution in [3.63, 3.8) is 0 Å². The topological polar surface area (TPSA) is 67.9 Å². The first-order valence-corrected chi connectivity index (χ1v) is 13.2. The van der Waals surface area contributed by atoms with E-state index in [1.165, 1.54) is 4.90 Å². The number of hydrogen-bond acceptors (Lipinski definition) is 5. The van der Waals surface area contributed by atoms with Crippen LogP contribution in [0, 0.1) is 0 Å². The molecule has 0 saturated carbocycles. The van der Waals surface area contributed by atoms with Gasteiger partial charge >= 0.3 is 0 Å². The van der Waals surface area contributed by atoms with Crippen molar-refractivity contribution >= 4 is 56.8 Å². The van der Waals surface area contributed by atoms with Crippen LogP contribution in [0.15, 0.2) is 83.4 Å². The SMILES string of the molecule is C=CCc1cc(/C=C2\C(=O)NC(=S)N(c3ccc(CC)cc3)C2=O)cc(OC)c1OCc1ccc(Br)cc1. The standard InChI is InChI=1S/C30H27BrN2O4S/c1-4-6-22-15-21(17-26(36-3)27(22)37-18-20-7-11-23(31)12-8-20)16-25-28(34)32-30(38)33(29(25)35)24-13-9-19(5-2)10-14-24/h4,7-17H,1,5-6,18H2,2-3H3,(H,32,34,38)/b25-16+. The quantitative estimate of drug-likeness (QED) is 0.140. The molecule has 1 N–H and O–H groups in total. The van der Waals surface area contributed by atoms with Crippen molar-refractivity contribution in [2.75, 3.05) is 12.0 Å². The second kappa shape index (κ2) is 12.2. The summed E-state index contributed by atoms with van der Waals surface area (Å²) < 4.78 is 12.8. The van der Waals surface area contributed by atoms with Crippen molar-refractivity contribution in [1.29, 1.82) is 0 Å². The highest BCUT2D eigenvalue weighted by atomic mass is 79.9. The molecule has 0 spiro atoms. The highest BCUT2D eigenvalue weighted by Crippen LogP contribution is 2.35. The summed E-state index contributed by atoms with van der Waals surface area (Å²) in [5.74, 6) is 0.0132. The average molecular weight is 592 g/mol. The zero-order valence-electron chi connectivity index (χ0n) is 21.1. The van der Waals surface area contributed by atoms with Gasteiger partial charge in [0.05, 0.1) is 12.8 Å². The summed E-state index contributed by atoms with van der Waals surface area (Å²) in [6.07, 6.45) is 4.68. The first kappa shape index (κ1) is 27.3. The summed E-state index contributed by atoms with van der Waals surface area (Å²) in [4.78, 5) is 27.6. The third kappa shape index (κ3) is 6.03.